The number of H-pyrrole nitrogens is 1. The molecule has 1 heterocycles. The second kappa shape index (κ2) is 2.13. The van der Waals surface area contributed by atoms with Crippen LogP contribution >= 0.6 is 0 Å². The summed E-state index contributed by atoms with van der Waals surface area (Å²) in [5.74, 6) is 0. The Labute approximate surface area is 58.0 Å². The topological polar surface area (TPSA) is 71.8 Å². The average Bonchev–Trinajstić information content (AvgIpc) is 2.11. The van der Waals surface area contributed by atoms with Crippen molar-refractivity contribution in [2.45, 2.75) is 6.92 Å². The normalized spacial score (nSPS) is 9.70. The summed E-state index contributed by atoms with van der Waals surface area (Å²) in [7, 11) is 1.60. The van der Waals surface area contributed by atoms with E-state index in [1.807, 2.05) is 0 Å². The Kier molecular flexibility index (Phi) is 1.45. The number of aryl methyl sites for hydroxylation is 1. The van der Waals surface area contributed by atoms with Crippen molar-refractivity contribution in [2.75, 3.05) is 0 Å². The van der Waals surface area contributed by atoms with E-state index in [2.05, 4.69) is 10.2 Å². The Morgan fingerprint density at radius 1 is 1.80 bits per heavy atom. The molecule has 0 radical (unpaired) electrons. The Bertz CT molecular complexity index is 250. The van der Waals surface area contributed by atoms with Gasteiger partial charge in [-0.1, -0.05) is 0 Å². The van der Waals surface area contributed by atoms with E-state index in [9.17, 15) is 10.1 Å². The molecule has 1 rings (SSSR count). The first kappa shape index (κ1) is 6.79. The van der Waals surface area contributed by atoms with Crippen molar-refractivity contribution in [1.82, 2.24) is 10.2 Å². The van der Waals surface area contributed by atoms with Gasteiger partial charge in [0.15, 0.2) is 7.85 Å². The van der Waals surface area contributed by atoms with Crippen LogP contribution in [0.2, 0.25) is 0 Å². The minimum Gasteiger partial charge on any atom is -0.276 e. The first-order chi connectivity index (χ1) is 4.63. The van der Waals surface area contributed by atoms with Crippen LogP contribution in [0, 0.1) is 17.0 Å². The van der Waals surface area contributed by atoms with Crippen LogP contribution in [0.15, 0.2) is 0 Å². The molecule has 0 saturated carbocycles. The zero-order chi connectivity index (χ0) is 7.72. The number of aromatic nitrogens is 2. The third-order valence-corrected chi connectivity index (χ3v) is 1.27. The minimum absolute atomic E-state index is 0.0833. The lowest BCUT2D eigenvalue weighted by molar-refractivity contribution is -0.384. The SMILES string of the molecule is Bc1n[nH]c(C)c1[N+](=O)[O-]. The molecule has 5 nitrogen and oxygen atoms in total. The van der Waals surface area contributed by atoms with Gasteiger partial charge in [0, 0.05) is 0 Å². The highest BCUT2D eigenvalue weighted by Gasteiger charge is 2.16. The van der Waals surface area contributed by atoms with E-state index in [0.717, 1.165) is 0 Å². The summed E-state index contributed by atoms with van der Waals surface area (Å²) in [6.07, 6.45) is 0. The molecule has 52 valence electrons. The summed E-state index contributed by atoms with van der Waals surface area (Å²) in [5, 5.41) is 16.4. The van der Waals surface area contributed by atoms with E-state index in [1.165, 1.54) is 0 Å². The standard InChI is InChI=1S/C4H6BN3O2/c1-2-3(8(9)10)4(5)7-6-2/h5H2,1H3,(H,6,7). The summed E-state index contributed by atoms with van der Waals surface area (Å²) < 4.78 is 0. The molecule has 0 aromatic carbocycles. The van der Waals surface area contributed by atoms with E-state index in [1.54, 1.807) is 14.8 Å². The van der Waals surface area contributed by atoms with Crippen molar-refractivity contribution in [1.29, 1.82) is 0 Å². The van der Waals surface area contributed by atoms with E-state index in [-0.39, 0.29) is 5.69 Å². The molecule has 0 unspecified atom stereocenters. The van der Waals surface area contributed by atoms with Crippen LogP contribution in [-0.4, -0.2) is 23.0 Å². The molecule has 0 fully saturated rings. The molecule has 1 aromatic rings. The second-order valence-corrected chi connectivity index (χ2v) is 2.04. The van der Waals surface area contributed by atoms with Gasteiger partial charge in [-0.05, 0) is 6.92 Å². The largest absolute Gasteiger partial charge is 0.302 e. The summed E-state index contributed by atoms with van der Waals surface area (Å²) in [4.78, 5) is 9.81. The van der Waals surface area contributed by atoms with Gasteiger partial charge in [-0.15, -0.1) is 0 Å². The van der Waals surface area contributed by atoms with Gasteiger partial charge in [0.2, 0.25) is 0 Å². The molecule has 0 aliphatic rings. The van der Waals surface area contributed by atoms with Gasteiger partial charge in [0.25, 0.3) is 0 Å². The van der Waals surface area contributed by atoms with Crippen LogP contribution in [-0.2, 0) is 0 Å². The highest BCUT2D eigenvalue weighted by molar-refractivity contribution is 6.33. The highest BCUT2D eigenvalue weighted by Crippen LogP contribution is 2.08. The third kappa shape index (κ3) is 0.875. The number of nitrogens with one attached hydrogen (secondary N) is 1. The van der Waals surface area contributed by atoms with Crippen molar-refractivity contribution in [3.8, 4) is 0 Å². The molecule has 1 aromatic heterocycles. The van der Waals surface area contributed by atoms with Crippen LogP contribution in [0.5, 0.6) is 0 Å². The van der Waals surface area contributed by atoms with Gasteiger partial charge in [0.05, 0.1) is 10.5 Å². The van der Waals surface area contributed by atoms with Crippen LogP contribution in [0.3, 0.4) is 0 Å². The molecule has 0 spiro atoms. The van der Waals surface area contributed by atoms with Crippen LogP contribution < -0.4 is 5.59 Å². The van der Waals surface area contributed by atoms with Crippen LogP contribution in [0.4, 0.5) is 5.69 Å². The Hall–Kier alpha value is -1.33. The molecule has 0 amide bonds. The number of nitro groups is 1. The predicted molar refractivity (Wildman–Crippen MR) is 38.2 cm³/mol. The van der Waals surface area contributed by atoms with Crippen LogP contribution in [0.25, 0.3) is 0 Å². The summed E-state index contributed by atoms with van der Waals surface area (Å²) in [6.45, 7) is 1.62. The number of rotatable bonds is 1. The fourth-order valence-corrected chi connectivity index (χ4v) is 0.814. The Balaban J connectivity index is 3.23. The van der Waals surface area contributed by atoms with Gasteiger partial charge in [0.1, 0.15) is 5.69 Å². The third-order valence-electron chi connectivity index (χ3n) is 1.27. The van der Waals surface area contributed by atoms with Crippen molar-refractivity contribution in [3.63, 3.8) is 0 Å². The Morgan fingerprint density at radius 3 is 2.60 bits per heavy atom. The molecule has 0 atom stereocenters. The molecule has 0 saturated heterocycles. The maximum absolute atomic E-state index is 10.2. The lowest BCUT2D eigenvalue weighted by Crippen LogP contribution is -2.08. The van der Waals surface area contributed by atoms with E-state index in [4.69, 9.17) is 0 Å². The van der Waals surface area contributed by atoms with Crippen molar-refractivity contribution in [2.24, 2.45) is 0 Å². The molecular formula is C4H6BN3O2. The summed E-state index contributed by atoms with van der Waals surface area (Å²) in [5.41, 5.74) is 1.02. The fraction of sp³-hybridized carbons (Fsp3) is 0.250. The molecule has 10 heavy (non-hydrogen) atoms. The first-order valence-electron chi connectivity index (χ1n) is 2.79. The molecule has 0 aliphatic carbocycles. The summed E-state index contributed by atoms with van der Waals surface area (Å²) >= 11 is 0. The van der Waals surface area contributed by atoms with E-state index >= 15 is 0 Å². The number of nitrogens with zero attached hydrogens (tertiary/aromatic N) is 2. The van der Waals surface area contributed by atoms with E-state index < -0.39 is 4.92 Å². The maximum atomic E-state index is 10.2. The van der Waals surface area contributed by atoms with E-state index in [0.29, 0.717) is 11.3 Å². The first-order valence-corrected chi connectivity index (χ1v) is 2.79. The molecule has 0 aliphatic heterocycles. The van der Waals surface area contributed by atoms with Crippen LogP contribution in [0.1, 0.15) is 5.69 Å². The van der Waals surface area contributed by atoms with Gasteiger partial charge in [-0.2, -0.15) is 5.10 Å². The predicted octanol–water partition coefficient (Wildman–Crippen LogP) is -1.12. The lowest BCUT2D eigenvalue weighted by atomic mass is 10.0. The number of hydrogen-bond donors (Lipinski definition) is 1. The monoisotopic (exact) mass is 139 g/mol. The van der Waals surface area contributed by atoms with Crippen molar-refractivity contribution in [3.05, 3.63) is 15.8 Å². The lowest BCUT2D eigenvalue weighted by Gasteiger charge is -1.86. The summed E-state index contributed by atoms with van der Waals surface area (Å²) in [6, 6.07) is 0. The second-order valence-electron chi connectivity index (χ2n) is 2.04. The zero-order valence-corrected chi connectivity index (χ0v) is 5.71. The highest BCUT2D eigenvalue weighted by atomic mass is 16.6. The van der Waals surface area contributed by atoms with Gasteiger partial charge in [-0.25, -0.2) is 0 Å². The molecular weight excluding hydrogens is 133 g/mol. The fourth-order valence-electron chi connectivity index (χ4n) is 0.814. The van der Waals surface area contributed by atoms with Gasteiger partial charge >= 0.3 is 5.69 Å². The Morgan fingerprint density at radius 2 is 2.40 bits per heavy atom. The average molecular weight is 139 g/mol. The molecule has 6 heteroatoms. The van der Waals surface area contributed by atoms with Gasteiger partial charge in [-0.3, -0.25) is 15.2 Å². The molecule has 1 N–H and O–H groups in total. The van der Waals surface area contributed by atoms with Gasteiger partial charge < -0.3 is 0 Å². The molecule has 0 bridgehead atoms. The quantitative estimate of drug-likeness (QED) is 0.304. The minimum atomic E-state index is -0.436. The van der Waals surface area contributed by atoms with Crippen molar-refractivity contribution < 1.29 is 4.92 Å². The number of hydrogen-bond acceptors (Lipinski definition) is 3. The number of aromatic amines is 1. The zero-order valence-electron chi connectivity index (χ0n) is 5.71. The maximum Gasteiger partial charge on any atom is 0.302 e. The van der Waals surface area contributed by atoms with Crippen molar-refractivity contribution >= 4 is 19.1 Å². The smallest absolute Gasteiger partial charge is 0.276 e.